The van der Waals surface area contributed by atoms with Crippen molar-refractivity contribution in [3.05, 3.63) is 0 Å². The third-order valence-corrected chi connectivity index (χ3v) is 3.67. The van der Waals surface area contributed by atoms with Gasteiger partial charge in [0.1, 0.15) is 6.04 Å². The largest absolute Gasteiger partial charge is 0.466 e. The van der Waals surface area contributed by atoms with Crippen molar-refractivity contribution in [2.24, 2.45) is 5.92 Å². The van der Waals surface area contributed by atoms with E-state index in [9.17, 15) is 14.4 Å². The Kier molecular flexibility index (Phi) is 4.94. The number of hydrogen-bond acceptors (Lipinski definition) is 4. The van der Waals surface area contributed by atoms with Crippen molar-refractivity contribution in [1.29, 1.82) is 0 Å². The summed E-state index contributed by atoms with van der Waals surface area (Å²) in [4.78, 5) is 40.4. The van der Waals surface area contributed by atoms with Gasteiger partial charge in [-0.3, -0.25) is 14.5 Å². The molecule has 3 amide bonds. The van der Waals surface area contributed by atoms with E-state index in [1.54, 1.807) is 34.6 Å². The molecule has 1 rings (SSSR count). The van der Waals surface area contributed by atoms with E-state index in [1.165, 1.54) is 9.80 Å². The summed E-state index contributed by atoms with van der Waals surface area (Å²) >= 11 is 0. The first-order chi connectivity index (χ1) is 9.84. The van der Waals surface area contributed by atoms with Gasteiger partial charge in [0.15, 0.2) is 0 Å². The fourth-order valence-corrected chi connectivity index (χ4v) is 2.73. The molecule has 2 atom stereocenters. The van der Waals surface area contributed by atoms with Crippen LogP contribution >= 0.6 is 0 Å². The smallest absolute Gasteiger partial charge is 0.328 e. The molecular formula is C16H28N2O4. The maximum absolute atomic E-state index is 12.8. The van der Waals surface area contributed by atoms with Crippen molar-refractivity contribution in [3.8, 4) is 0 Å². The van der Waals surface area contributed by atoms with E-state index in [0.29, 0.717) is 0 Å². The topological polar surface area (TPSA) is 66.9 Å². The molecule has 1 heterocycles. The molecular weight excluding hydrogens is 284 g/mol. The second-order valence-electron chi connectivity index (χ2n) is 7.65. The van der Waals surface area contributed by atoms with Crippen molar-refractivity contribution in [1.82, 2.24) is 9.80 Å². The number of urea groups is 1. The molecule has 6 nitrogen and oxygen atoms in total. The Bertz CT molecular complexity index is 474. The minimum atomic E-state index is -0.828. The number of nitrogens with zero attached hydrogens (tertiary/aromatic N) is 2. The van der Waals surface area contributed by atoms with Crippen LogP contribution in [0.2, 0.25) is 0 Å². The molecule has 126 valence electrons. The summed E-state index contributed by atoms with van der Waals surface area (Å²) < 4.78 is 5.03. The average Bonchev–Trinajstić information content (AvgIpc) is 2.58. The Morgan fingerprint density at radius 3 is 2.00 bits per heavy atom. The zero-order valence-electron chi connectivity index (χ0n) is 14.9. The van der Waals surface area contributed by atoms with Crippen LogP contribution in [0.5, 0.6) is 0 Å². The number of imide groups is 1. The van der Waals surface area contributed by atoms with Gasteiger partial charge in [0.2, 0.25) is 0 Å². The van der Waals surface area contributed by atoms with Crippen molar-refractivity contribution in [2.45, 2.75) is 72.5 Å². The first kappa shape index (κ1) is 18.5. The van der Waals surface area contributed by atoms with Gasteiger partial charge in [0, 0.05) is 11.1 Å². The molecule has 2 unspecified atom stereocenters. The van der Waals surface area contributed by atoms with E-state index in [2.05, 4.69) is 0 Å². The molecule has 0 saturated carbocycles. The molecule has 1 aliphatic rings. The quantitative estimate of drug-likeness (QED) is 0.593. The monoisotopic (exact) mass is 312 g/mol. The molecule has 0 aromatic rings. The Balaban J connectivity index is 3.30. The SMILES string of the molecule is CCOC(=O)C(C)C1C(=O)N(C(C)(C)C)C(=O)N1C(C)(C)C. The second-order valence-corrected chi connectivity index (χ2v) is 7.65. The zero-order chi connectivity index (χ0) is 17.5. The van der Waals surface area contributed by atoms with E-state index in [-0.39, 0.29) is 18.5 Å². The first-order valence-corrected chi connectivity index (χ1v) is 7.68. The van der Waals surface area contributed by atoms with Gasteiger partial charge in [-0.05, 0) is 55.4 Å². The molecule has 0 aromatic heterocycles. The minimum Gasteiger partial charge on any atom is -0.466 e. The highest BCUT2D eigenvalue weighted by atomic mass is 16.5. The highest BCUT2D eigenvalue weighted by molar-refractivity contribution is 6.07. The number of ether oxygens (including phenoxy) is 1. The van der Waals surface area contributed by atoms with Crippen LogP contribution in [0.15, 0.2) is 0 Å². The van der Waals surface area contributed by atoms with Gasteiger partial charge >= 0.3 is 12.0 Å². The van der Waals surface area contributed by atoms with Crippen LogP contribution in [0, 0.1) is 5.92 Å². The van der Waals surface area contributed by atoms with Gasteiger partial charge in [-0.2, -0.15) is 0 Å². The van der Waals surface area contributed by atoms with E-state index in [0.717, 1.165) is 0 Å². The standard InChI is InChI=1S/C16H28N2O4/c1-9-22-13(20)10(2)11-12(19)18(16(6,7)8)14(21)17(11)15(3,4)5/h10-11H,9H2,1-8H3. The molecule has 0 aliphatic carbocycles. The third-order valence-electron chi connectivity index (χ3n) is 3.67. The van der Waals surface area contributed by atoms with Crippen LogP contribution in [0.3, 0.4) is 0 Å². The van der Waals surface area contributed by atoms with Gasteiger partial charge in [0.05, 0.1) is 12.5 Å². The van der Waals surface area contributed by atoms with E-state index in [1.807, 2.05) is 20.8 Å². The fraction of sp³-hybridized carbons (Fsp3) is 0.812. The van der Waals surface area contributed by atoms with E-state index < -0.39 is 29.0 Å². The molecule has 0 N–H and O–H groups in total. The summed E-state index contributed by atoms with van der Waals surface area (Å²) in [7, 11) is 0. The lowest BCUT2D eigenvalue weighted by Gasteiger charge is -2.37. The molecule has 0 bridgehead atoms. The lowest BCUT2D eigenvalue weighted by Crippen LogP contribution is -2.52. The van der Waals surface area contributed by atoms with Crippen molar-refractivity contribution >= 4 is 17.9 Å². The molecule has 0 aromatic carbocycles. The minimum absolute atomic E-state index is 0.247. The summed E-state index contributed by atoms with van der Waals surface area (Å²) in [6.45, 7) is 14.6. The summed E-state index contributed by atoms with van der Waals surface area (Å²) in [5.74, 6) is -1.50. The van der Waals surface area contributed by atoms with E-state index in [4.69, 9.17) is 4.74 Å². The maximum atomic E-state index is 12.8. The van der Waals surface area contributed by atoms with Crippen LogP contribution in [0.25, 0.3) is 0 Å². The van der Waals surface area contributed by atoms with Crippen molar-refractivity contribution < 1.29 is 19.1 Å². The average molecular weight is 312 g/mol. The second kappa shape index (κ2) is 5.89. The fourth-order valence-electron chi connectivity index (χ4n) is 2.73. The Hall–Kier alpha value is -1.59. The van der Waals surface area contributed by atoms with Crippen LogP contribution in [0.4, 0.5) is 4.79 Å². The highest BCUT2D eigenvalue weighted by Crippen LogP contribution is 2.34. The van der Waals surface area contributed by atoms with Gasteiger partial charge in [-0.25, -0.2) is 4.79 Å². The van der Waals surface area contributed by atoms with Gasteiger partial charge < -0.3 is 9.64 Å². The van der Waals surface area contributed by atoms with Gasteiger partial charge in [0.25, 0.3) is 5.91 Å². The summed E-state index contributed by atoms with van der Waals surface area (Å²) in [6, 6.07) is -1.18. The lowest BCUT2D eigenvalue weighted by atomic mass is 9.95. The summed E-state index contributed by atoms with van der Waals surface area (Å²) in [6.07, 6.45) is 0. The molecule has 1 saturated heterocycles. The third kappa shape index (κ3) is 3.25. The van der Waals surface area contributed by atoms with Crippen LogP contribution < -0.4 is 0 Å². The highest BCUT2D eigenvalue weighted by Gasteiger charge is 2.55. The normalized spacial score (nSPS) is 21.4. The molecule has 1 aliphatic heterocycles. The van der Waals surface area contributed by atoms with Crippen molar-refractivity contribution in [2.75, 3.05) is 6.61 Å². The van der Waals surface area contributed by atoms with Gasteiger partial charge in [-0.1, -0.05) is 0 Å². The molecule has 22 heavy (non-hydrogen) atoms. The Labute approximate surface area is 132 Å². The molecule has 0 radical (unpaired) electrons. The van der Waals surface area contributed by atoms with Crippen LogP contribution in [0.1, 0.15) is 55.4 Å². The Morgan fingerprint density at radius 2 is 1.64 bits per heavy atom. The summed E-state index contributed by atoms with van der Waals surface area (Å²) in [5, 5.41) is 0. The zero-order valence-corrected chi connectivity index (χ0v) is 14.9. The predicted molar refractivity (Wildman–Crippen MR) is 83.2 cm³/mol. The number of hydrogen-bond donors (Lipinski definition) is 0. The number of carbonyl (C=O) groups is 3. The number of amides is 3. The van der Waals surface area contributed by atoms with Gasteiger partial charge in [-0.15, -0.1) is 0 Å². The Morgan fingerprint density at radius 1 is 1.14 bits per heavy atom. The predicted octanol–water partition coefficient (Wildman–Crippen LogP) is 2.42. The molecule has 0 spiro atoms. The van der Waals surface area contributed by atoms with Crippen LogP contribution in [-0.2, 0) is 14.3 Å². The maximum Gasteiger partial charge on any atom is 0.328 e. The summed E-state index contributed by atoms with van der Waals surface area (Å²) in [5.41, 5.74) is -1.21. The van der Waals surface area contributed by atoms with E-state index >= 15 is 0 Å². The lowest BCUT2D eigenvalue weighted by molar-refractivity contribution is -0.152. The number of rotatable bonds is 3. The number of carbonyl (C=O) groups excluding carboxylic acids is 3. The first-order valence-electron chi connectivity index (χ1n) is 7.68. The van der Waals surface area contributed by atoms with Crippen molar-refractivity contribution in [3.63, 3.8) is 0 Å². The molecule has 1 fully saturated rings. The number of esters is 1. The van der Waals surface area contributed by atoms with Crippen LogP contribution in [-0.4, -0.2) is 51.4 Å². The molecule has 6 heteroatoms.